The number of methoxy groups -OCH3 is 2. The first-order chi connectivity index (χ1) is 10.2. The van der Waals surface area contributed by atoms with E-state index in [4.69, 9.17) is 14.2 Å². The number of rotatable bonds is 11. The largest absolute Gasteiger partial charge is 0.497 e. The Kier molecular flexibility index (Phi) is 8.82. The van der Waals surface area contributed by atoms with Gasteiger partial charge < -0.3 is 24.6 Å². The normalized spacial score (nSPS) is 12.2. The smallest absolute Gasteiger partial charge is 0.127 e. The quantitative estimate of drug-likeness (QED) is 0.612. The minimum absolute atomic E-state index is 0.368. The van der Waals surface area contributed by atoms with Gasteiger partial charge in [-0.3, -0.25) is 0 Å². The second-order valence-electron chi connectivity index (χ2n) is 4.89. The summed E-state index contributed by atoms with van der Waals surface area (Å²) in [5.41, 5.74) is 1.03. The molecule has 0 radical (unpaired) electrons. The number of hydrogen-bond donors (Lipinski definition) is 2. The van der Waals surface area contributed by atoms with Crippen LogP contribution in [0.1, 0.15) is 25.3 Å². The van der Waals surface area contributed by atoms with Crippen molar-refractivity contribution in [2.45, 2.75) is 32.4 Å². The molecule has 0 heterocycles. The van der Waals surface area contributed by atoms with Crippen LogP contribution in [0.25, 0.3) is 0 Å². The summed E-state index contributed by atoms with van der Waals surface area (Å²) in [5.74, 6) is 1.54. The minimum atomic E-state index is -0.494. The second-order valence-corrected chi connectivity index (χ2v) is 4.89. The molecule has 0 aliphatic rings. The Balaban J connectivity index is 2.31. The molecular weight excluding hydrogens is 270 g/mol. The Morgan fingerprint density at radius 1 is 1.24 bits per heavy atom. The van der Waals surface area contributed by atoms with Crippen LogP contribution in [-0.4, -0.2) is 45.2 Å². The van der Waals surface area contributed by atoms with E-state index in [9.17, 15) is 5.11 Å². The van der Waals surface area contributed by atoms with Crippen LogP contribution in [0.3, 0.4) is 0 Å². The Bertz CT molecular complexity index is 398. The van der Waals surface area contributed by atoms with Gasteiger partial charge in [0.05, 0.1) is 26.9 Å². The third-order valence-corrected chi connectivity index (χ3v) is 3.14. The third kappa shape index (κ3) is 6.80. The number of nitrogens with one attached hydrogen (secondary N) is 1. The summed E-state index contributed by atoms with van der Waals surface area (Å²) < 4.78 is 15.9. The zero-order valence-corrected chi connectivity index (χ0v) is 13.2. The Morgan fingerprint density at radius 2 is 2.05 bits per heavy atom. The predicted molar refractivity (Wildman–Crippen MR) is 83.0 cm³/mol. The summed E-state index contributed by atoms with van der Waals surface area (Å²) >= 11 is 0. The molecule has 5 heteroatoms. The highest BCUT2D eigenvalue weighted by Crippen LogP contribution is 2.24. The van der Waals surface area contributed by atoms with Gasteiger partial charge in [-0.25, -0.2) is 0 Å². The molecule has 2 N–H and O–H groups in total. The summed E-state index contributed by atoms with van der Waals surface area (Å²) in [4.78, 5) is 0. The summed E-state index contributed by atoms with van der Waals surface area (Å²) in [7, 11) is 3.26. The molecule has 1 aromatic rings. The molecular formula is C16H27NO4. The van der Waals surface area contributed by atoms with Gasteiger partial charge in [-0.1, -0.05) is 19.4 Å². The van der Waals surface area contributed by atoms with Crippen molar-refractivity contribution in [1.29, 1.82) is 0 Å². The van der Waals surface area contributed by atoms with E-state index in [1.54, 1.807) is 14.2 Å². The molecule has 120 valence electrons. The van der Waals surface area contributed by atoms with Crippen LogP contribution in [-0.2, 0) is 11.3 Å². The predicted octanol–water partition coefficient (Wildman–Crippen LogP) is 1.97. The zero-order chi connectivity index (χ0) is 15.5. The first-order valence-corrected chi connectivity index (χ1v) is 7.38. The Hall–Kier alpha value is -1.30. The number of unbranched alkanes of at least 4 members (excludes halogenated alkanes) is 1. The maximum atomic E-state index is 9.80. The molecule has 0 saturated heterocycles. The highest BCUT2D eigenvalue weighted by molar-refractivity contribution is 5.40. The molecule has 0 aliphatic heterocycles. The number of hydrogen-bond acceptors (Lipinski definition) is 5. The summed E-state index contributed by atoms with van der Waals surface area (Å²) in [6, 6.07) is 5.69. The molecule has 0 aliphatic carbocycles. The fourth-order valence-corrected chi connectivity index (χ4v) is 1.90. The van der Waals surface area contributed by atoms with Crippen LogP contribution < -0.4 is 14.8 Å². The van der Waals surface area contributed by atoms with Gasteiger partial charge in [0.1, 0.15) is 11.5 Å². The van der Waals surface area contributed by atoms with Gasteiger partial charge in [-0.05, 0) is 12.5 Å². The number of ether oxygens (including phenoxy) is 3. The molecule has 0 bridgehead atoms. The summed E-state index contributed by atoms with van der Waals surface area (Å²) in [5, 5.41) is 13.0. The van der Waals surface area contributed by atoms with E-state index in [1.165, 1.54) is 0 Å². The van der Waals surface area contributed by atoms with E-state index in [-0.39, 0.29) is 0 Å². The maximum absolute atomic E-state index is 9.80. The molecule has 5 nitrogen and oxygen atoms in total. The fraction of sp³-hybridized carbons (Fsp3) is 0.625. The maximum Gasteiger partial charge on any atom is 0.127 e. The lowest BCUT2D eigenvalue weighted by atomic mass is 10.2. The Labute approximate surface area is 127 Å². The fourth-order valence-electron chi connectivity index (χ4n) is 1.90. The molecule has 21 heavy (non-hydrogen) atoms. The van der Waals surface area contributed by atoms with Crippen LogP contribution >= 0.6 is 0 Å². The van der Waals surface area contributed by atoms with Gasteiger partial charge in [-0.2, -0.15) is 0 Å². The van der Waals surface area contributed by atoms with Crippen LogP contribution in [0.15, 0.2) is 18.2 Å². The second kappa shape index (κ2) is 10.4. The molecule has 1 aromatic carbocycles. The number of benzene rings is 1. The zero-order valence-electron chi connectivity index (χ0n) is 13.2. The first kappa shape index (κ1) is 17.8. The highest BCUT2D eigenvalue weighted by Gasteiger charge is 2.07. The molecule has 0 amide bonds. The summed E-state index contributed by atoms with van der Waals surface area (Å²) in [6.07, 6.45) is 1.64. The monoisotopic (exact) mass is 297 g/mol. The van der Waals surface area contributed by atoms with Gasteiger partial charge in [-0.15, -0.1) is 0 Å². The van der Waals surface area contributed by atoms with Gasteiger partial charge in [0.15, 0.2) is 0 Å². The van der Waals surface area contributed by atoms with Gasteiger partial charge in [0.25, 0.3) is 0 Å². The van der Waals surface area contributed by atoms with Crippen LogP contribution in [0.5, 0.6) is 11.5 Å². The van der Waals surface area contributed by atoms with E-state index in [1.807, 2.05) is 18.2 Å². The number of aliphatic hydroxyl groups excluding tert-OH is 1. The molecule has 1 rings (SSSR count). The van der Waals surface area contributed by atoms with Crippen molar-refractivity contribution >= 4 is 0 Å². The number of aliphatic hydroxyl groups is 1. The van der Waals surface area contributed by atoms with Crippen molar-refractivity contribution in [3.05, 3.63) is 23.8 Å². The van der Waals surface area contributed by atoms with Crippen molar-refractivity contribution in [3.63, 3.8) is 0 Å². The van der Waals surface area contributed by atoms with E-state index >= 15 is 0 Å². The van der Waals surface area contributed by atoms with Crippen LogP contribution in [0, 0.1) is 0 Å². The van der Waals surface area contributed by atoms with Crippen LogP contribution in [0.2, 0.25) is 0 Å². The molecule has 0 aromatic heterocycles. The van der Waals surface area contributed by atoms with Gasteiger partial charge in [0, 0.05) is 31.3 Å². The van der Waals surface area contributed by atoms with Crippen molar-refractivity contribution in [3.8, 4) is 11.5 Å². The molecule has 0 spiro atoms. The van der Waals surface area contributed by atoms with Crippen molar-refractivity contribution in [1.82, 2.24) is 5.32 Å². The molecule has 1 atom stereocenters. The average molecular weight is 297 g/mol. The van der Waals surface area contributed by atoms with Crippen molar-refractivity contribution in [2.24, 2.45) is 0 Å². The van der Waals surface area contributed by atoms with Gasteiger partial charge >= 0.3 is 0 Å². The van der Waals surface area contributed by atoms with Crippen molar-refractivity contribution < 1.29 is 19.3 Å². The standard InChI is InChI=1S/C16H27NO4/c1-4-5-8-21-12-14(18)11-17-10-13-6-7-15(19-2)9-16(13)20-3/h6-7,9,14,17-18H,4-5,8,10-12H2,1-3H3/t14-/m0/s1. The van der Waals surface area contributed by atoms with E-state index in [0.717, 1.165) is 29.9 Å². The Morgan fingerprint density at radius 3 is 2.71 bits per heavy atom. The van der Waals surface area contributed by atoms with E-state index < -0.39 is 6.10 Å². The first-order valence-electron chi connectivity index (χ1n) is 7.38. The SMILES string of the molecule is CCCCOC[C@@H](O)CNCc1ccc(OC)cc1OC. The lowest BCUT2D eigenvalue weighted by Crippen LogP contribution is -2.30. The van der Waals surface area contributed by atoms with Gasteiger partial charge in [0.2, 0.25) is 0 Å². The lowest BCUT2D eigenvalue weighted by molar-refractivity contribution is 0.0358. The third-order valence-electron chi connectivity index (χ3n) is 3.14. The van der Waals surface area contributed by atoms with E-state index in [2.05, 4.69) is 12.2 Å². The highest BCUT2D eigenvalue weighted by atomic mass is 16.5. The summed E-state index contributed by atoms with van der Waals surface area (Å²) in [6.45, 7) is 4.30. The molecule has 0 saturated carbocycles. The van der Waals surface area contributed by atoms with E-state index in [0.29, 0.717) is 26.3 Å². The lowest BCUT2D eigenvalue weighted by Gasteiger charge is -2.14. The minimum Gasteiger partial charge on any atom is -0.497 e. The van der Waals surface area contributed by atoms with Crippen LogP contribution in [0.4, 0.5) is 0 Å². The van der Waals surface area contributed by atoms with Crippen molar-refractivity contribution in [2.75, 3.05) is 34.0 Å². The average Bonchev–Trinajstić information content (AvgIpc) is 2.51. The topological polar surface area (TPSA) is 60.0 Å². The molecule has 0 unspecified atom stereocenters. The molecule has 0 fully saturated rings.